The molecule has 0 unspecified atom stereocenters. The molecule has 4 heterocycles. The molecule has 2 aliphatic rings. The van der Waals surface area contributed by atoms with Gasteiger partial charge in [-0.05, 0) is 56.2 Å². The molecule has 0 spiro atoms. The summed E-state index contributed by atoms with van der Waals surface area (Å²) >= 11 is 0. The number of carbonyl (C=O) groups excluding carboxylic acids is 3. The lowest BCUT2D eigenvalue weighted by Crippen LogP contribution is -2.42. The Morgan fingerprint density at radius 1 is 0.977 bits per heavy atom. The number of benzene rings is 2. The number of aryl methyl sites for hydroxylation is 2. The maximum absolute atomic E-state index is 13.7. The highest BCUT2D eigenvalue weighted by Gasteiger charge is 2.41. The molecular formula is C32H35N7O4. The van der Waals surface area contributed by atoms with Crippen LogP contribution in [0.15, 0.2) is 60.8 Å². The number of hydrogen-bond acceptors (Lipinski definition) is 7. The van der Waals surface area contributed by atoms with Gasteiger partial charge in [0.2, 0.25) is 5.91 Å². The minimum Gasteiger partial charge on any atom is -0.494 e. The molecule has 1 saturated heterocycles. The van der Waals surface area contributed by atoms with Crippen molar-refractivity contribution < 1.29 is 19.1 Å². The van der Waals surface area contributed by atoms with Gasteiger partial charge in [0, 0.05) is 45.2 Å². The van der Waals surface area contributed by atoms with E-state index in [0.29, 0.717) is 61.7 Å². The maximum Gasteiger partial charge on any atom is 0.274 e. The van der Waals surface area contributed by atoms with Gasteiger partial charge in [0.05, 0.1) is 35.4 Å². The molecular weight excluding hydrogens is 546 g/mol. The molecule has 222 valence electrons. The SMILES string of the molecule is CCn1nc(C)cc1C(=O)N1CCCOc2cccc(c2)[C@H]2CN(C(=O)c3cnc4ccccc4n3)C[C@@H]2C(=O)NCC1. The van der Waals surface area contributed by atoms with Crippen LogP contribution in [0.2, 0.25) is 0 Å². The van der Waals surface area contributed by atoms with Crippen molar-refractivity contribution in [3.63, 3.8) is 0 Å². The van der Waals surface area contributed by atoms with Gasteiger partial charge in [-0.3, -0.25) is 24.0 Å². The average molecular weight is 582 g/mol. The van der Waals surface area contributed by atoms with E-state index in [9.17, 15) is 14.4 Å². The van der Waals surface area contributed by atoms with Gasteiger partial charge < -0.3 is 19.9 Å². The predicted molar refractivity (Wildman–Crippen MR) is 160 cm³/mol. The maximum atomic E-state index is 13.7. The van der Waals surface area contributed by atoms with Crippen LogP contribution in [0, 0.1) is 12.8 Å². The van der Waals surface area contributed by atoms with E-state index in [1.807, 2.05) is 62.4 Å². The zero-order valence-electron chi connectivity index (χ0n) is 24.4. The number of fused-ring (bicyclic) bond motifs is 5. The Morgan fingerprint density at radius 3 is 2.63 bits per heavy atom. The average Bonchev–Trinajstić information content (AvgIpc) is 3.65. The highest BCUT2D eigenvalue weighted by Crippen LogP contribution is 2.35. The first-order valence-electron chi connectivity index (χ1n) is 14.8. The number of ether oxygens (including phenoxy) is 1. The van der Waals surface area contributed by atoms with Crippen LogP contribution < -0.4 is 10.1 Å². The summed E-state index contributed by atoms with van der Waals surface area (Å²) in [4.78, 5) is 53.2. The number of nitrogens with one attached hydrogen (secondary N) is 1. The lowest BCUT2D eigenvalue weighted by Gasteiger charge is -2.25. The van der Waals surface area contributed by atoms with Gasteiger partial charge in [0.25, 0.3) is 11.8 Å². The summed E-state index contributed by atoms with van der Waals surface area (Å²) in [5, 5.41) is 7.48. The minimum atomic E-state index is -0.483. The predicted octanol–water partition coefficient (Wildman–Crippen LogP) is 3.05. The van der Waals surface area contributed by atoms with Crippen LogP contribution in [0.25, 0.3) is 11.0 Å². The van der Waals surface area contributed by atoms with Crippen LogP contribution >= 0.6 is 0 Å². The summed E-state index contributed by atoms with van der Waals surface area (Å²) in [6.45, 7) is 6.55. The first kappa shape index (κ1) is 28.3. The van der Waals surface area contributed by atoms with Gasteiger partial charge in [-0.2, -0.15) is 5.10 Å². The molecule has 1 fully saturated rings. The van der Waals surface area contributed by atoms with Crippen molar-refractivity contribution >= 4 is 28.8 Å². The Balaban J connectivity index is 1.24. The minimum absolute atomic E-state index is 0.127. The zero-order chi connectivity index (χ0) is 29.9. The normalized spacial score (nSPS) is 19.3. The van der Waals surface area contributed by atoms with Crippen molar-refractivity contribution in [3.8, 4) is 5.75 Å². The van der Waals surface area contributed by atoms with Gasteiger partial charge in [0.15, 0.2) is 0 Å². The molecule has 11 heteroatoms. The van der Waals surface area contributed by atoms with Crippen molar-refractivity contribution in [2.75, 3.05) is 39.3 Å². The molecule has 2 aromatic heterocycles. The van der Waals surface area contributed by atoms with Crippen LogP contribution in [0.4, 0.5) is 0 Å². The molecule has 0 aliphatic carbocycles. The van der Waals surface area contributed by atoms with E-state index in [0.717, 1.165) is 11.3 Å². The molecule has 2 aromatic carbocycles. The van der Waals surface area contributed by atoms with Gasteiger partial charge in [0.1, 0.15) is 17.1 Å². The van der Waals surface area contributed by atoms with E-state index in [-0.39, 0.29) is 42.4 Å². The van der Waals surface area contributed by atoms with Gasteiger partial charge in [-0.1, -0.05) is 24.3 Å². The molecule has 2 bridgehead atoms. The third kappa shape index (κ3) is 5.93. The first-order valence-corrected chi connectivity index (χ1v) is 14.8. The summed E-state index contributed by atoms with van der Waals surface area (Å²) in [6.07, 6.45) is 2.12. The molecule has 4 aromatic rings. The summed E-state index contributed by atoms with van der Waals surface area (Å²) in [5.41, 5.74) is 3.86. The summed E-state index contributed by atoms with van der Waals surface area (Å²) in [7, 11) is 0. The molecule has 3 amide bonds. The molecule has 0 saturated carbocycles. The van der Waals surface area contributed by atoms with E-state index in [4.69, 9.17) is 4.74 Å². The number of amides is 3. The fraction of sp³-hybridized carbons (Fsp3) is 0.375. The van der Waals surface area contributed by atoms with Gasteiger partial charge in [-0.15, -0.1) is 0 Å². The van der Waals surface area contributed by atoms with E-state index in [1.54, 1.807) is 20.5 Å². The van der Waals surface area contributed by atoms with Crippen molar-refractivity contribution in [1.29, 1.82) is 0 Å². The van der Waals surface area contributed by atoms with Crippen LogP contribution in [0.1, 0.15) is 51.5 Å². The second-order valence-corrected chi connectivity index (χ2v) is 11.0. The molecule has 43 heavy (non-hydrogen) atoms. The van der Waals surface area contributed by atoms with E-state index in [2.05, 4.69) is 20.4 Å². The van der Waals surface area contributed by atoms with E-state index < -0.39 is 5.92 Å². The lowest BCUT2D eigenvalue weighted by molar-refractivity contribution is -0.125. The lowest BCUT2D eigenvalue weighted by atomic mass is 9.88. The largest absolute Gasteiger partial charge is 0.494 e. The third-order valence-corrected chi connectivity index (χ3v) is 8.13. The quantitative estimate of drug-likeness (QED) is 0.395. The third-order valence-electron chi connectivity index (χ3n) is 8.13. The van der Waals surface area contributed by atoms with Crippen molar-refractivity contribution in [2.45, 2.75) is 32.7 Å². The first-order chi connectivity index (χ1) is 20.9. The number of para-hydroxylation sites is 2. The number of nitrogens with zero attached hydrogens (tertiary/aromatic N) is 6. The van der Waals surface area contributed by atoms with Crippen molar-refractivity contribution in [2.24, 2.45) is 5.92 Å². The van der Waals surface area contributed by atoms with Crippen LogP contribution in [0.3, 0.4) is 0 Å². The molecule has 2 atom stereocenters. The Hall–Kier alpha value is -4.80. The fourth-order valence-electron chi connectivity index (χ4n) is 5.96. The Labute approximate surface area is 249 Å². The number of rotatable bonds is 3. The number of likely N-dealkylation sites (tertiary alicyclic amines) is 1. The van der Waals surface area contributed by atoms with Gasteiger partial charge in [-0.25, -0.2) is 4.98 Å². The van der Waals surface area contributed by atoms with Crippen molar-refractivity contribution in [1.82, 2.24) is 34.9 Å². The Bertz CT molecular complexity index is 1670. The monoisotopic (exact) mass is 581 g/mol. The molecule has 11 nitrogen and oxygen atoms in total. The number of aromatic nitrogens is 4. The summed E-state index contributed by atoms with van der Waals surface area (Å²) in [5.74, 6) is -0.569. The molecule has 0 radical (unpaired) electrons. The van der Waals surface area contributed by atoms with Crippen LogP contribution in [-0.2, 0) is 11.3 Å². The Kier molecular flexibility index (Phi) is 8.04. The topological polar surface area (TPSA) is 123 Å². The zero-order valence-corrected chi connectivity index (χ0v) is 24.4. The second-order valence-electron chi connectivity index (χ2n) is 11.0. The molecule has 6 rings (SSSR count). The van der Waals surface area contributed by atoms with Crippen molar-refractivity contribution in [3.05, 3.63) is 83.4 Å². The Morgan fingerprint density at radius 2 is 1.79 bits per heavy atom. The van der Waals surface area contributed by atoms with Crippen LogP contribution in [-0.4, -0.2) is 86.6 Å². The number of carbonyl (C=O) groups is 3. The summed E-state index contributed by atoms with van der Waals surface area (Å²) < 4.78 is 7.79. The highest BCUT2D eigenvalue weighted by atomic mass is 16.5. The number of hydrogen-bond donors (Lipinski definition) is 1. The smallest absolute Gasteiger partial charge is 0.274 e. The molecule has 1 N–H and O–H groups in total. The standard InChI is InChI=1S/C32H35N7O4/c1-3-39-29(16-21(2)36-39)32(42)37-13-7-15-43-23-9-6-8-22(17-23)24-19-38(20-25(24)30(40)33-12-14-37)31(41)28-18-34-26-10-4-5-11-27(26)35-28/h4-6,8-11,16-18,24-25H,3,7,12-15,19-20H2,1-2H3,(H,33,40)/t24-,25+/m1/s1. The van der Waals surface area contributed by atoms with E-state index >= 15 is 0 Å². The second kappa shape index (κ2) is 12.2. The van der Waals surface area contributed by atoms with E-state index in [1.165, 1.54) is 6.20 Å². The van der Waals surface area contributed by atoms with Gasteiger partial charge >= 0.3 is 0 Å². The summed E-state index contributed by atoms with van der Waals surface area (Å²) in [6, 6.07) is 16.9. The highest BCUT2D eigenvalue weighted by molar-refractivity contribution is 5.95. The molecule has 2 aliphatic heterocycles. The van der Waals surface area contributed by atoms with Crippen LogP contribution in [0.5, 0.6) is 5.75 Å². The fourth-order valence-corrected chi connectivity index (χ4v) is 5.96.